The molecule has 0 atom stereocenters. The number of rotatable bonds is 5. The number of guanidine groups is 1. The first-order chi connectivity index (χ1) is 7.36. The Bertz CT molecular complexity index is 282. The molecule has 1 aromatic rings. The van der Waals surface area contributed by atoms with Crippen LogP contribution in [0.1, 0.15) is 25.5 Å². The summed E-state index contributed by atoms with van der Waals surface area (Å²) in [4.78, 5) is 4.10. The fraction of sp³-hybridized carbons (Fsp3) is 0.600. The molecule has 15 heavy (non-hydrogen) atoms. The molecule has 0 aliphatic heterocycles. The topological polar surface area (TPSA) is 62.5 Å². The summed E-state index contributed by atoms with van der Waals surface area (Å²) in [6.07, 6.45) is 3.88. The maximum Gasteiger partial charge on any atom is 0.191 e. The average Bonchev–Trinajstić information content (AvgIpc) is 2.76. The second-order valence-electron chi connectivity index (χ2n) is 3.20. The van der Waals surface area contributed by atoms with E-state index in [1.54, 1.807) is 13.3 Å². The summed E-state index contributed by atoms with van der Waals surface area (Å²) in [5, 5.41) is 10.2. The van der Waals surface area contributed by atoms with Crippen LogP contribution in [0.2, 0.25) is 0 Å². The quantitative estimate of drug-likeness (QED) is 0.434. The highest BCUT2D eigenvalue weighted by Crippen LogP contribution is 1.92. The highest BCUT2D eigenvalue weighted by atomic mass is 16.5. The van der Waals surface area contributed by atoms with E-state index in [0.717, 1.165) is 24.6 Å². The minimum absolute atomic E-state index is 0.627. The molecule has 0 aliphatic carbocycles. The molecule has 2 N–H and O–H groups in total. The maximum absolute atomic E-state index is 4.73. The zero-order valence-electron chi connectivity index (χ0n) is 9.29. The SMILES string of the molecule is CCCCNC(=NC)NCc1ccon1. The van der Waals surface area contributed by atoms with Gasteiger partial charge in [0, 0.05) is 19.7 Å². The summed E-state index contributed by atoms with van der Waals surface area (Å²) in [7, 11) is 1.75. The molecule has 0 spiro atoms. The van der Waals surface area contributed by atoms with E-state index in [4.69, 9.17) is 4.52 Å². The molecule has 1 heterocycles. The molecule has 0 unspecified atom stereocenters. The first-order valence-electron chi connectivity index (χ1n) is 5.20. The summed E-state index contributed by atoms with van der Waals surface area (Å²) in [6, 6.07) is 1.83. The Morgan fingerprint density at radius 3 is 3.00 bits per heavy atom. The first-order valence-corrected chi connectivity index (χ1v) is 5.20. The van der Waals surface area contributed by atoms with Crippen molar-refractivity contribution >= 4 is 5.96 Å². The molecule has 1 rings (SSSR count). The Morgan fingerprint density at radius 2 is 2.40 bits per heavy atom. The third-order valence-electron chi connectivity index (χ3n) is 1.97. The van der Waals surface area contributed by atoms with Crippen molar-refractivity contribution in [3.63, 3.8) is 0 Å². The number of nitrogens with zero attached hydrogens (tertiary/aromatic N) is 2. The van der Waals surface area contributed by atoms with Crippen LogP contribution in [0.3, 0.4) is 0 Å². The van der Waals surface area contributed by atoms with Crippen molar-refractivity contribution in [2.75, 3.05) is 13.6 Å². The van der Waals surface area contributed by atoms with Crippen molar-refractivity contribution < 1.29 is 4.52 Å². The third kappa shape index (κ3) is 4.49. The molecule has 84 valence electrons. The summed E-state index contributed by atoms with van der Waals surface area (Å²) >= 11 is 0. The number of hydrogen-bond acceptors (Lipinski definition) is 3. The van der Waals surface area contributed by atoms with Crippen molar-refractivity contribution in [1.82, 2.24) is 15.8 Å². The zero-order chi connectivity index (χ0) is 10.9. The van der Waals surface area contributed by atoms with E-state index in [9.17, 15) is 0 Å². The van der Waals surface area contributed by atoms with Crippen LogP contribution >= 0.6 is 0 Å². The molecular weight excluding hydrogens is 192 g/mol. The van der Waals surface area contributed by atoms with Gasteiger partial charge in [0.15, 0.2) is 5.96 Å². The van der Waals surface area contributed by atoms with Crippen LogP contribution in [-0.4, -0.2) is 24.7 Å². The van der Waals surface area contributed by atoms with Gasteiger partial charge in [0.25, 0.3) is 0 Å². The normalized spacial score (nSPS) is 11.5. The maximum atomic E-state index is 4.73. The standard InChI is InChI=1S/C10H18N4O/c1-3-4-6-12-10(11-2)13-8-9-5-7-15-14-9/h5,7H,3-4,6,8H2,1-2H3,(H2,11,12,13). The molecule has 0 bridgehead atoms. The number of unbranched alkanes of at least 4 members (excludes halogenated alkanes) is 1. The van der Waals surface area contributed by atoms with E-state index >= 15 is 0 Å². The van der Waals surface area contributed by atoms with E-state index < -0.39 is 0 Å². The van der Waals surface area contributed by atoms with Crippen molar-refractivity contribution in [1.29, 1.82) is 0 Å². The summed E-state index contributed by atoms with van der Waals surface area (Å²) < 4.78 is 4.73. The Hall–Kier alpha value is -1.52. The highest BCUT2D eigenvalue weighted by molar-refractivity contribution is 5.79. The Kier molecular flexibility index (Phi) is 5.29. The molecule has 0 amide bonds. The zero-order valence-corrected chi connectivity index (χ0v) is 9.29. The van der Waals surface area contributed by atoms with Gasteiger partial charge in [-0.05, 0) is 6.42 Å². The highest BCUT2D eigenvalue weighted by Gasteiger charge is 1.98. The van der Waals surface area contributed by atoms with Gasteiger partial charge in [-0.2, -0.15) is 0 Å². The number of aromatic nitrogens is 1. The lowest BCUT2D eigenvalue weighted by atomic mass is 10.3. The molecule has 5 nitrogen and oxygen atoms in total. The van der Waals surface area contributed by atoms with Gasteiger partial charge < -0.3 is 15.2 Å². The molecule has 0 fully saturated rings. The van der Waals surface area contributed by atoms with Gasteiger partial charge in [-0.25, -0.2) is 0 Å². The van der Waals surface area contributed by atoms with Gasteiger partial charge in [-0.3, -0.25) is 4.99 Å². The second-order valence-corrected chi connectivity index (χ2v) is 3.20. The van der Waals surface area contributed by atoms with Crippen molar-refractivity contribution in [2.45, 2.75) is 26.3 Å². The molecule has 1 aromatic heterocycles. The van der Waals surface area contributed by atoms with E-state index in [0.29, 0.717) is 6.54 Å². The lowest BCUT2D eigenvalue weighted by Gasteiger charge is -2.09. The average molecular weight is 210 g/mol. The fourth-order valence-electron chi connectivity index (χ4n) is 1.11. The van der Waals surface area contributed by atoms with Crippen molar-refractivity contribution in [3.05, 3.63) is 18.0 Å². The third-order valence-corrected chi connectivity index (χ3v) is 1.97. The van der Waals surface area contributed by atoms with Gasteiger partial charge >= 0.3 is 0 Å². The molecule has 0 saturated carbocycles. The van der Waals surface area contributed by atoms with Crippen molar-refractivity contribution in [3.8, 4) is 0 Å². The molecule has 0 aliphatic rings. The van der Waals surface area contributed by atoms with Crippen LogP contribution in [-0.2, 0) is 6.54 Å². The van der Waals surface area contributed by atoms with Crippen LogP contribution < -0.4 is 10.6 Å². The molecule has 0 saturated heterocycles. The van der Waals surface area contributed by atoms with Crippen molar-refractivity contribution in [2.24, 2.45) is 4.99 Å². The van der Waals surface area contributed by atoms with Crippen LogP contribution in [0.5, 0.6) is 0 Å². The van der Waals surface area contributed by atoms with Gasteiger partial charge in [0.2, 0.25) is 0 Å². The Morgan fingerprint density at radius 1 is 1.53 bits per heavy atom. The second kappa shape index (κ2) is 6.86. The van der Waals surface area contributed by atoms with E-state index in [2.05, 4.69) is 27.7 Å². The largest absolute Gasteiger partial charge is 0.364 e. The van der Waals surface area contributed by atoms with Crippen LogP contribution in [0, 0.1) is 0 Å². The smallest absolute Gasteiger partial charge is 0.191 e. The Labute approximate surface area is 89.9 Å². The van der Waals surface area contributed by atoms with Gasteiger partial charge in [0.1, 0.15) is 12.0 Å². The minimum Gasteiger partial charge on any atom is -0.364 e. The van der Waals surface area contributed by atoms with Crippen LogP contribution in [0.15, 0.2) is 21.8 Å². The molecular formula is C10H18N4O. The lowest BCUT2D eigenvalue weighted by Crippen LogP contribution is -2.37. The van der Waals surface area contributed by atoms with Gasteiger partial charge in [-0.15, -0.1) is 0 Å². The van der Waals surface area contributed by atoms with Crippen LogP contribution in [0.25, 0.3) is 0 Å². The van der Waals surface area contributed by atoms with E-state index in [1.807, 2.05) is 6.07 Å². The number of aliphatic imine (C=N–C) groups is 1. The monoisotopic (exact) mass is 210 g/mol. The fourth-order valence-corrected chi connectivity index (χ4v) is 1.11. The van der Waals surface area contributed by atoms with Gasteiger partial charge in [-0.1, -0.05) is 18.5 Å². The minimum atomic E-state index is 0.627. The summed E-state index contributed by atoms with van der Waals surface area (Å²) in [5.74, 6) is 0.798. The predicted molar refractivity (Wildman–Crippen MR) is 59.6 cm³/mol. The summed E-state index contributed by atoms with van der Waals surface area (Å²) in [6.45, 7) is 3.73. The molecule has 0 aromatic carbocycles. The number of hydrogen-bond donors (Lipinski definition) is 2. The molecule has 5 heteroatoms. The van der Waals surface area contributed by atoms with E-state index in [-0.39, 0.29) is 0 Å². The summed E-state index contributed by atoms with van der Waals surface area (Å²) in [5.41, 5.74) is 0.869. The first kappa shape index (κ1) is 11.6. The predicted octanol–water partition coefficient (Wildman–Crippen LogP) is 1.14. The molecule has 0 radical (unpaired) electrons. The van der Waals surface area contributed by atoms with Crippen LogP contribution in [0.4, 0.5) is 0 Å². The van der Waals surface area contributed by atoms with E-state index in [1.165, 1.54) is 6.42 Å². The lowest BCUT2D eigenvalue weighted by molar-refractivity contribution is 0.410. The van der Waals surface area contributed by atoms with Gasteiger partial charge in [0.05, 0.1) is 6.54 Å². The number of nitrogens with one attached hydrogen (secondary N) is 2. The Balaban J connectivity index is 2.23.